The van der Waals surface area contributed by atoms with E-state index >= 15 is 0 Å². The van der Waals surface area contributed by atoms with Crippen molar-refractivity contribution in [1.29, 1.82) is 0 Å². The Morgan fingerprint density at radius 2 is 2.00 bits per heavy atom. The molecule has 18 heavy (non-hydrogen) atoms. The maximum atomic E-state index is 13.6. The average molecular weight is 251 g/mol. The van der Waals surface area contributed by atoms with Crippen LogP contribution in [0.1, 0.15) is 0 Å². The lowest BCUT2D eigenvalue weighted by Gasteiger charge is -2.19. The van der Waals surface area contributed by atoms with Crippen molar-refractivity contribution in [3.05, 3.63) is 34.1 Å². The van der Waals surface area contributed by atoms with Crippen LogP contribution in [0.3, 0.4) is 0 Å². The Kier molecular flexibility index (Phi) is 2.66. The van der Waals surface area contributed by atoms with E-state index in [2.05, 4.69) is 10.2 Å². The molecule has 0 bridgehead atoms. The zero-order valence-electron chi connectivity index (χ0n) is 9.80. The van der Waals surface area contributed by atoms with Crippen molar-refractivity contribution in [2.45, 2.75) is 0 Å². The zero-order valence-corrected chi connectivity index (χ0v) is 9.80. The Morgan fingerprint density at radius 1 is 1.33 bits per heavy atom. The summed E-state index contributed by atoms with van der Waals surface area (Å²) in [5, 5.41) is 13.9. The first kappa shape index (κ1) is 11.4. The number of nitro groups is 1. The highest BCUT2D eigenvalue weighted by Crippen LogP contribution is 2.32. The Labute approximate surface area is 104 Å². The van der Waals surface area contributed by atoms with Gasteiger partial charge in [0, 0.05) is 44.0 Å². The molecular formula is C12H14FN3O2. The average Bonchev–Trinajstić information content (AvgIpc) is 2.87. The summed E-state index contributed by atoms with van der Waals surface area (Å²) >= 11 is 0. The maximum Gasteiger partial charge on any atom is 0.304 e. The Morgan fingerprint density at radius 3 is 2.56 bits per heavy atom. The van der Waals surface area contributed by atoms with Gasteiger partial charge in [0.25, 0.3) is 0 Å². The molecule has 1 aromatic carbocycles. The predicted molar refractivity (Wildman–Crippen MR) is 65.1 cm³/mol. The van der Waals surface area contributed by atoms with Gasteiger partial charge in [-0.25, -0.2) is 0 Å². The van der Waals surface area contributed by atoms with Crippen LogP contribution in [0, 0.1) is 27.8 Å². The summed E-state index contributed by atoms with van der Waals surface area (Å²) in [7, 11) is 0. The summed E-state index contributed by atoms with van der Waals surface area (Å²) in [5.41, 5.74) is 0.285. The number of hydrogen-bond donors (Lipinski definition) is 1. The summed E-state index contributed by atoms with van der Waals surface area (Å²) in [6.45, 7) is 3.82. The molecule has 2 aliphatic heterocycles. The summed E-state index contributed by atoms with van der Waals surface area (Å²) < 4.78 is 13.6. The van der Waals surface area contributed by atoms with E-state index in [1.165, 1.54) is 12.1 Å². The third-order valence-corrected chi connectivity index (χ3v) is 3.88. The van der Waals surface area contributed by atoms with E-state index in [0.717, 1.165) is 31.9 Å². The molecule has 2 fully saturated rings. The van der Waals surface area contributed by atoms with Gasteiger partial charge in [-0.15, -0.1) is 0 Å². The Bertz CT molecular complexity index is 482. The van der Waals surface area contributed by atoms with Gasteiger partial charge in [0.2, 0.25) is 5.82 Å². The SMILES string of the molecule is O=[N+]([O-])c1ccc(N2CC3CNCC3C2)cc1F. The van der Waals surface area contributed by atoms with E-state index < -0.39 is 16.4 Å². The fourth-order valence-electron chi connectivity index (χ4n) is 2.91. The molecule has 0 saturated carbocycles. The van der Waals surface area contributed by atoms with Crippen LogP contribution in [-0.4, -0.2) is 31.1 Å². The summed E-state index contributed by atoms with van der Waals surface area (Å²) in [4.78, 5) is 12.0. The lowest BCUT2D eigenvalue weighted by molar-refractivity contribution is -0.387. The lowest BCUT2D eigenvalue weighted by atomic mass is 10.0. The van der Waals surface area contributed by atoms with Crippen molar-refractivity contribution in [1.82, 2.24) is 5.32 Å². The minimum absolute atomic E-state index is 0.459. The van der Waals surface area contributed by atoms with Crippen LogP contribution < -0.4 is 10.2 Å². The summed E-state index contributed by atoms with van der Waals surface area (Å²) in [6.07, 6.45) is 0. The van der Waals surface area contributed by atoms with E-state index in [9.17, 15) is 14.5 Å². The van der Waals surface area contributed by atoms with Crippen LogP contribution in [-0.2, 0) is 0 Å². The monoisotopic (exact) mass is 251 g/mol. The molecule has 0 aliphatic carbocycles. The van der Waals surface area contributed by atoms with Crippen molar-refractivity contribution in [3.63, 3.8) is 0 Å². The molecule has 0 spiro atoms. The number of benzene rings is 1. The predicted octanol–water partition coefficient (Wildman–Crippen LogP) is 1.39. The van der Waals surface area contributed by atoms with Gasteiger partial charge in [-0.05, 0) is 17.9 Å². The van der Waals surface area contributed by atoms with Crippen molar-refractivity contribution in [2.75, 3.05) is 31.1 Å². The van der Waals surface area contributed by atoms with Crippen molar-refractivity contribution in [3.8, 4) is 0 Å². The van der Waals surface area contributed by atoms with Crippen molar-refractivity contribution >= 4 is 11.4 Å². The fourth-order valence-corrected chi connectivity index (χ4v) is 2.91. The molecule has 2 heterocycles. The highest BCUT2D eigenvalue weighted by Gasteiger charge is 2.36. The van der Waals surface area contributed by atoms with Crippen LogP contribution >= 0.6 is 0 Å². The third-order valence-electron chi connectivity index (χ3n) is 3.88. The number of nitrogens with zero attached hydrogens (tertiary/aromatic N) is 2. The molecular weight excluding hydrogens is 237 g/mol. The van der Waals surface area contributed by atoms with E-state index in [-0.39, 0.29) is 0 Å². The highest BCUT2D eigenvalue weighted by atomic mass is 19.1. The minimum Gasteiger partial charge on any atom is -0.371 e. The molecule has 2 saturated heterocycles. The third kappa shape index (κ3) is 1.82. The molecule has 0 radical (unpaired) electrons. The first-order chi connectivity index (χ1) is 8.65. The van der Waals surface area contributed by atoms with Gasteiger partial charge in [0.05, 0.1) is 4.92 Å². The van der Waals surface area contributed by atoms with Gasteiger partial charge in [-0.1, -0.05) is 0 Å². The van der Waals surface area contributed by atoms with Crippen LogP contribution in [0.25, 0.3) is 0 Å². The van der Waals surface area contributed by atoms with Gasteiger partial charge in [0.1, 0.15) is 0 Å². The largest absolute Gasteiger partial charge is 0.371 e. The number of rotatable bonds is 2. The van der Waals surface area contributed by atoms with Crippen LogP contribution in [0.2, 0.25) is 0 Å². The standard InChI is InChI=1S/C12H14FN3O2/c13-11-3-10(1-2-12(11)16(17)18)15-6-8-4-14-5-9(8)7-15/h1-3,8-9,14H,4-7H2. The number of nitro benzene ring substituents is 1. The summed E-state index contributed by atoms with van der Waals surface area (Å²) in [6, 6.07) is 4.15. The molecule has 1 aromatic rings. The van der Waals surface area contributed by atoms with Crippen LogP contribution in [0.15, 0.2) is 18.2 Å². The number of nitrogens with one attached hydrogen (secondary N) is 1. The van der Waals surface area contributed by atoms with Gasteiger partial charge in [0.15, 0.2) is 0 Å². The van der Waals surface area contributed by atoms with E-state index in [4.69, 9.17) is 0 Å². The second-order valence-electron chi connectivity index (χ2n) is 4.98. The normalized spacial score (nSPS) is 26.4. The molecule has 6 heteroatoms. The second kappa shape index (κ2) is 4.20. The molecule has 1 N–H and O–H groups in total. The second-order valence-corrected chi connectivity index (χ2v) is 4.98. The van der Waals surface area contributed by atoms with Crippen LogP contribution in [0.5, 0.6) is 0 Å². The molecule has 0 amide bonds. The van der Waals surface area contributed by atoms with Crippen molar-refractivity contribution < 1.29 is 9.31 Å². The molecule has 2 unspecified atom stereocenters. The molecule has 2 aliphatic rings. The van der Waals surface area contributed by atoms with Crippen molar-refractivity contribution in [2.24, 2.45) is 11.8 Å². The topological polar surface area (TPSA) is 58.4 Å². The molecule has 0 aromatic heterocycles. The van der Waals surface area contributed by atoms with Gasteiger partial charge in [-0.2, -0.15) is 4.39 Å². The Hall–Kier alpha value is -1.69. The first-order valence-corrected chi connectivity index (χ1v) is 6.05. The Balaban J connectivity index is 1.81. The smallest absolute Gasteiger partial charge is 0.304 e. The lowest BCUT2D eigenvalue weighted by Crippen LogP contribution is -2.25. The molecule has 96 valence electrons. The van der Waals surface area contributed by atoms with Crippen LogP contribution in [0.4, 0.5) is 15.8 Å². The number of anilines is 1. The highest BCUT2D eigenvalue weighted by molar-refractivity contribution is 5.52. The van der Waals surface area contributed by atoms with E-state index in [0.29, 0.717) is 11.8 Å². The molecule has 3 rings (SSSR count). The molecule has 5 nitrogen and oxygen atoms in total. The van der Waals surface area contributed by atoms with Gasteiger partial charge >= 0.3 is 5.69 Å². The first-order valence-electron chi connectivity index (χ1n) is 6.05. The van der Waals surface area contributed by atoms with Gasteiger partial charge in [-0.3, -0.25) is 10.1 Å². The zero-order chi connectivity index (χ0) is 12.7. The number of fused-ring (bicyclic) bond motifs is 1. The minimum atomic E-state index is -0.757. The van der Waals surface area contributed by atoms with Gasteiger partial charge < -0.3 is 10.2 Å². The fraction of sp³-hybridized carbons (Fsp3) is 0.500. The maximum absolute atomic E-state index is 13.6. The van der Waals surface area contributed by atoms with E-state index in [1.54, 1.807) is 6.07 Å². The molecule has 2 atom stereocenters. The summed E-state index contributed by atoms with van der Waals surface area (Å²) in [5.74, 6) is 0.471. The number of halogens is 1. The van der Waals surface area contributed by atoms with E-state index in [1.807, 2.05) is 0 Å². The quantitative estimate of drug-likeness (QED) is 0.637. The number of hydrogen-bond acceptors (Lipinski definition) is 4.